The Labute approximate surface area is 242 Å². The van der Waals surface area contributed by atoms with E-state index in [9.17, 15) is 9.59 Å². The van der Waals surface area contributed by atoms with Crippen molar-refractivity contribution < 1.29 is 14.3 Å². The molecule has 2 aliphatic rings. The minimum atomic E-state index is -0.493. The molecule has 40 heavy (non-hydrogen) atoms. The fourth-order valence-corrected chi connectivity index (χ4v) is 6.55. The van der Waals surface area contributed by atoms with Gasteiger partial charge in [0.25, 0.3) is 0 Å². The first kappa shape index (κ1) is 30.4. The van der Waals surface area contributed by atoms with Crippen molar-refractivity contribution in [3.8, 4) is 0 Å². The number of piperidine rings is 1. The van der Waals surface area contributed by atoms with Crippen LogP contribution in [0.3, 0.4) is 0 Å². The number of rotatable bonds is 11. The summed E-state index contributed by atoms with van der Waals surface area (Å²) in [6, 6.07) is 14.5. The smallest absolute Gasteiger partial charge is 0.410 e. The second-order valence-corrected chi connectivity index (χ2v) is 13.3. The van der Waals surface area contributed by atoms with Crippen molar-refractivity contribution in [2.75, 3.05) is 26.2 Å². The summed E-state index contributed by atoms with van der Waals surface area (Å²) in [5, 5.41) is 2.34. The summed E-state index contributed by atoms with van der Waals surface area (Å²) < 4.78 is 5.78. The highest BCUT2D eigenvalue weighted by Crippen LogP contribution is 2.28. The highest BCUT2D eigenvalue weighted by atomic mass is 16.6. The number of benzene rings is 2. The molecule has 4 rings (SSSR count). The summed E-state index contributed by atoms with van der Waals surface area (Å²) in [4.78, 5) is 30.2. The molecular formula is C35H52N2O3. The molecule has 2 aromatic carbocycles. The standard InChI is InChI=1S/C35H52N2O3/c1-35(2,3)40-34(39)37(23-12-5-4-7-14-28-15-8-6-9-16-28)27-29-21-24-36(25-22-29)33(38)26-31-19-13-18-30-17-10-11-20-32(30)31/h10-11,13,17-20,28-29H,4-9,12,14-16,21-27H2,1-3H3. The van der Waals surface area contributed by atoms with Crippen LogP contribution in [-0.2, 0) is 16.0 Å². The van der Waals surface area contributed by atoms with Crippen LogP contribution in [0.2, 0.25) is 0 Å². The van der Waals surface area contributed by atoms with E-state index in [0.29, 0.717) is 12.3 Å². The van der Waals surface area contributed by atoms with Crippen molar-refractivity contribution in [1.29, 1.82) is 0 Å². The van der Waals surface area contributed by atoms with E-state index in [1.807, 2.05) is 48.8 Å². The second-order valence-electron chi connectivity index (χ2n) is 13.3. The van der Waals surface area contributed by atoms with E-state index in [2.05, 4.69) is 24.3 Å². The summed E-state index contributed by atoms with van der Waals surface area (Å²) in [6.07, 6.45) is 15.4. The van der Waals surface area contributed by atoms with Crippen LogP contribution < -0.4 is 0 Å². The molecule has 1 aliphatic carbocycles. The van der Waals surface area contributed by atoms with E-state index in [1.165, 1.54) is 63.2 Å². The number of hydrogen-bond donors (Lipinski definition) is 0. The molecule has 2 amide bonds. The van der Waals surface area contributed by atoms with Crippen molar-refractivity contribution in [2.45, 2.75) is 110 Å². The molecule has 2 aromatic rings. The number of hydrogen-bond acceptors (Lipinski definition) is 3. The van der Waals surface area contributed by atoms with Crippen LogP contribution in [0.4, 0.5) is 4.79 Å². The lowest BCUT2D eigenvalue weighted by Gasteiger charge is -2.35. The Hall–Kier alpha value is -2.56. The highest BCUT2D eigenvalue weighted by molar-refractivity contribution is 5.90. The number of ether oxygens (including phenoxy) is 1. The maximum atomic E-state index is 13.2. The van der Waals surface area contributed by atoms with Crippen LogP contribution in [-0.4, -0.2) is 53.6 Å². The molecular weight excluding hydrogens is 496 g/mol. The molecule has 5 heteroatoms. The van der Waals surface area contributed by atoms with Gasteiger partial charge in [-0.3, -0.25) is 4.79 Å². The van der Waals surface area contributed by atoms with E-state index in [-0.39, 0.29) is 12.0 Å². The first-order chi connectivity index (χ1) is 19.3. The Morgan fingerprint density at radius 3 is 2.30 bits per heavy atom. The first-order valence-electron chi connectivity index (χ1n) is 16.0. The lowest BCUT2D eigenvalue weighted by molar-refractivity contribution is -0.131. The first-order valence-corrected chi connectivity index (χ1v) is 16.0. The number of likely N-dealkylation sites (tertiary alicyclic amines) is 1. The van der Waals surface area contributed by atoms with Gasteiger partial charge in [0.2, 0.25) is 5.91 Å². The molecule has 1 saturated carbocycles. The summed E-state index contributed by atoms with van der Waals surface area (Å²) in [5.74, 6) is 1.56. The van der Waals surface area contributed by atoms with E-state index in [0.717, 1.165) is 62.3 Å². The molecule has 0 aromatic heterocycles. The van der Waals surface area contributed by atoms with Crippen molar-refractivity contribution in [2.24, 2.45) is 11.8 Å². The van der Waals surface area contributed by atoms with Gasteiger partial charge in [0, 0.05) is 26.2 Å². The van der Waals surface area contributed by atoms with Gasteiger partial charge in [-0.15, -0.1) is 0 Å². The van der Waals surface area contributed by atoms with Crippen LogP contribution in [0.15, 0.2) is 42.5 Å². The van der Waals surface area contributed by atoms with Crippen LogP contribution in [0.25, 0.3) is 10.8 Å². The Morgan fingerprint density at radius 2 is 1.55 bits per heavy atom. The van der Waals surface area contributed by atoms with Crippen LogP contribution >= 0.6 is 0 Å². The fraction of sp³-hybridized carbons (Fsp3) is 0.657. The SMILES string of the molecule is CC(C)(C)OC(=O)N(CCCCCCC1CCCCC1)CC1CCN(C(=O)Cc2cccc3ccccc23)CC1. The van der Waals surface area contributed by atoms with Gasteiger partial charge in [0.15, 0.2) is 0 Å². The van der Waals surface area contributed by atoms with Crippen LogP contribution in [0.5, 0.6) is 0 Å². The van der Waals surface area contributed by atoms with Crippen molar-refractivity contribution in [1.82, 2.24) is 9.80 Å². The van der Waals surface area contributed by atoms with Crippen LogP contribution in [0, 0.1) is 11.8 Å². The van der Waals surface area contributed by atoms with E-state index < -0.39 is 5.60 Å². The van der Waals surface area contributed by atoms with E-state index in [4.69, 9.17) is 4.74 Å². The third-order valence-corrected chi connectivity index (χ3v) is 8.83. The molecule has 0 atom stereocenters. The summed E-state index contributed by atoms with van der Waals surface area (Å²) in [7, 11) is 0. The summed E-state index contributed by atoms with van der Waals surface area (Å²) >= 11 is 0. The summed E-state index contributed by atoms with van der Waals surface area (Å²) in [6.45, 7) is 8.83. The molecule has 0 spiro atoms. The molecule has 1 aliphatic heterocycles. The van der Waals surface area contributed by atoms with E-state index >= 15 is 0 Å². The van der Waals surface area contributed by atoms with Crippen molar-refractivity contribution >= 4 is 22.8 Å². The summed E-state index contributed by atoms with van der Waals surface area (Å²) in [5.41, 5.74) is 0.604. The number of fused-ring (bicyclic) bond motifs is 1. The fourth-order valence-electron chi connectivity index (χ4n) is 6.55. The van der Waals surface area contributed by atoms with Gasteiger partial charge in [-0.25, -0.2) is 4.79 Å². The largest absolute Gasteiger partial charge is 0.444 e. The lowest BCUT2D eigenvalue weighted by Crippen LogP contribution is -2.44. The quantitative estimate of drug-likeness (QED) is 0.265. The van der Waals surface area contributed by atoms with Crippen LogP contribution in [0.1, 0.15) is 103 Å². The lowest BCUT2D eigenvalue weighted by atomic mass is 9.85. The predicted octanol–water partition coefficient (Wildman–Crippen LogP) is 8.39. The number of carbonyl (C=O) groups excluding carboxylic acids is 2. The molecule has 1 saturated heterocycles. The molecule has 0 N–H and O–H groups in total. The maximum absolute atomic E-state index is 13.2. The topological polar surface area (TPSA) is 49.9 Å². The maximum Gasteiger partial charge on any atom is 0.410 e. The Morgan fingerprint density at radius 1 is 0.850 bits per heavy atom. The normalized spacial score (nSPS) is 17.2. The van der Waals surface area contributed by atoms with Gasteiger partial charge in [0.05, 0.1) is 6.42 Å². The zero-order valence-corrected chi connectivity index (χ0v) is 25.3. The molecule has 1 heterocycles. The minimum absolute atomic E-state index is 0.191. The van der Waals surface area contributed by atoms with Crippen molar-refractivity contribution in [3.63, 3.8) is 0 Å². The molecule has 2 fully saturated rings. The van der Waals surface area contributed by atoms with Crippen molar-refractivity contribution in [3.05, 3.63) is 48.0 Å². The zero-order chi connectivity index (χ0) is 28.4. The number of unbranched alkanes of at least 4 members (excludes halogenated alkanes) is 3. The van der Waals surface area contributed by atoms with Gasteiger partial charge < -0.3 is 14.5 Å². The molecule has 220 valence electrons. The van der Waals surface area contributed by atoms with Gasteiger partial charge in [-0.2, -0.15) is 0 Å². The van der Waals surface area contributed by atoms with Gasteiger partial charge in [-0.05, 0) is 68.2 Å². The number of amides is 2. The molecule has 0 bridgehead atoms. The minimum Gasteiger partial charge on any atom is -0.444 e. The Kier molecular flexibility index (Phi) is 11.3. The Bertz CT molecular complexity index is 1070. The van der Waals surface area contributed by atoms with Gasteiger partial charge in [-0.1, -0.05) is 100 Å². The van der Waals surface area contributed by atoms with Gasteiger partial charge >= 0.3 is 6.09 Å². The second kappa shape index (κ2) is 14.9. The third-order valence-electron chi connectivity index (χ3n) is 8.83. The van der Waals surface area contributed by atoms with E-state index in [1.54, 1.807) is 0 Å². The molecule has 0 unspecified atom stereocenters. The highest BCUT2D eigenvalue weighted by Gasteiger charge is 2.28. The Balaban J connectivity index is 1.22. The number of carbonyl (C=O) groups is 2. The monoisotopic (exact) mass is 548 g/mol. The average Bonchev–Trinajstić information content (AvgIpc) is 2.94. The average molecular weight is 549 g/mol. The molecule has 5 nitrogen and oxygen atoms in total. The third kappa shape index (κ3) is 9.52. The molecule has 0 radical (unpaired) electrons. The predicted molar refractivity (Wildman–Crippen MR) is 164 cm³/mol. The number of nitrogens with zero attached hydrogens (tertiary/aromatic N) is 2. The van der Waals surface area contributed by atoms with Gasteiger partial charge in [0.1, 0.15) is 5.60 Å². The zero-order valence-electron chi connectivity index (χ0n) is 25.3.